The monoisotopic (exact) mass is 304 g/mol. The normalized spacial score (nSPS) is 17.3. The SMILES string of the molecule is CCc1nc(C)c(C(=O)NC(CN)C2CCCCC2)c(C)n1. The summed E-state index contributed by atoms with van der Waals surface area (Å²) in [5, 5.41) is 3.13. The molecule has 0 aliphatic heterocycles. The van der Waals surface area contributed by atoms with E-state index in [-0.39, 0.29) is 11.9 Å². The quantitative estimate of drug-likeness (QED) is 0.874. The molecule has 22 heavy (non-hydrogen) atoms. The first-order valence-electron chi connectivity index (χ1n) is 8.41. The molecule has 1 amide bonds. The standard InChI is InChI=1S/C17H28N4O/c1-4-15-19-11(2)16(12(3)20-15)17(22)21-14(10-18)13-8-6-5-7-9-13/h13-14H,4-10,18H2,1-3H3,(H,21,22). The highest BCUT2D eigenvalue weighted by atomic mass is 16.1. The van der Waals surface area contributed by atoms with Gasteiger partial charge in [-0.25, -0.2) is 9.97 Å². The summed E-state index contributed by atoms with van der Waals surface area (Å²) in [7, 11) is 0. The van der Waals surface area contributed by atoms with Crippen LogP contribution in [-0.2, 0) is 6.42 Å². The van der Waals surface area contributed by atoms with E-state index in [2.05, 4.69) is 15.3 Å². The zero-order valence-electron chi connectivity index (χ0n) is 14.0. The lowest BCUT2D eigenvalue weighted by Gasteiger charge is -2.30. The maximum absolute atomic E-state index is 12.7. The number of hydrogen-bond donors (Lipinski definition) is 2. The molecule has 1 unspecified atom stereocenters. The molecule has 1 aromatic rings. The van der Waals surface area contributed by atoms with Crippen LogP contribution in [0.5, 0.6) is 0 Å². The molecule has 1 heterocycles. The van der Waals surface area contributed by atoms with E-state index < -0.39 is 0 Å². The molecule has 1 aromatic heterocycles. The van der Waals surface area contributed by atoms with Gasteiger partial charge in [0, 0.05) is 19.0 Å². The Morgan fingerprint density at radius 3 is 2.32 bits per heavy atom. The summed E-state index contributed by atoms with van der Waals surface area (Å²) in [6, 6.07) is 0.0532. The zero-order valence-corrected chi connectivity index (χ0v) is 14.0. The molecular weight excluding hydrogens is 276 g/mol. The molecule has 1 fully saturated rings. The third-order valence-electron chi connectivity index (χ3n) is 4.65. The van der Waals surface area contributed by atoms with Crippen molar-refractivity contribution in [3.05, 3.63) is 22.8 Å². The van der Waals surface area contributed by atoms with Gasteiger partial charge in [-0.2, -0.15) is 0 Å². The third kappa shape index (κ3) is 3.83. The Morgan fingerprint density at radius 1 is 1.23 bits per heavy atom. The molecular formula is C17H28N4O. The van der Waals surface area contributed by atoms with Crippen molar-refractivity contribution in [2.24, 2.45) is 11.7 Å². The molecule has 0 aromatic carbocycles. The fourth-order valence-electron chi connectivity index (χ4n) is 3.42. The Labute approximate surface area is 133 Å². The molecule has 0 bridgehead atoms. The number of amides is 1. The molecule has 0 spiro atoms. The van der Waals surface area contributed by atoms with Gasteiger partial charge < -0.3 is 11.1 Å². The van der Waals surface area contributed by atoms with E-state index >= 15 is 0 Å². The van der Waals surface area contributed by atoms with Gasteiger partial charge in [-0.15, -0.1) is 0 Å². The zero-order chi connectivity index (χ0) is 16.1. The highest BCUT2D eigenvalue weighted by molar-refractivity contribution is 5.96. The lowest BCUT2D eigenvalue weighted by molar-refractivity contribution is 0.0913. The Kier molecular flexibility index (Phi) is 5.89. The van der Waals surface area contributed by atoms with E-state index in [9.17, 15) is 4.79 Å². The largest absolute Gasteiger partial charge is 0.348 e. The molecule has 1 aliphatic carbocycles. The number of nitrogens with zero attached hydrogens (tertiary/aromatic N) is 2. The number of nitrogens with one attached hydrogen (secondary N) is 1. The summed E-state index contributed by atoms with van der Waals surface area (Å²) >= 11 is 0. The highest BCUT2D eigenvalue weighted by Crippen LogP contribution is 2.26. The maximum atomic E-state index is 12.7. The topological polar surface area (TPSA) is 80.9 Å². The summed E-state index contributed by atoms with van der Waals surface area (Å²) in [5.41, 5.74) is 8.01. The first-order valence-corrected chi connectivity index (χ1v) is 8.41. The molecule has 5 nitrogen and oxygen atoms in total. The minimum Gasteiger partial charge on any atom is -0.348 e. The van der Waals surface area contributed by atoms with Gasteiger partial charge in [-0.1, -0.05) is 26.2 Å². The lowest BCUT2D eigenvalue weighted by atomic mass is 9.84. The second-order valence-electron chi connectivity index (χ2n) is 6.25. The van der Waals surface area contributed by atoms with Crippen molar-refractivity contribution in [3.8, 4) is 0 Å². The van der Waals surface area contributed by atoms with E-state index in [1.165, 1.54) is 19.3 Å². The number of nitrogens with two attached hydrogens (primary N) is 1. The van der Waals surface area contributed by atoms with Crippen LogP contribution in [0.15, 0.2) is 0 Å². The van der Waals surface area contributed by atoms with Crippen LogP contribution < -0.4 is 11.1 Å². The van der Waals surface area contributed by atoms with E-state index in [4.69, 9.17) is 5.73 Å². The Morgan fingerprint density at radius 2 is 1.82 bits per heavy atom. The van der Waals surface area contributed by atoms with Gasteiger partial charge in [0.1, 0.15) is 5.82 Å². The number of aryl methyl sites for hydroxylation is 3. The summed E-state index contributed by atoms with van der Waals surface area (Å²) in [5.74, 6) is 1.20. The summed E-state index contributed by atoms with van der Waals surface area (Å²) in [6.45, 7) is 6.26. The van der Waals surface area contributed by atoms with Crippen LogP contribution >= 0.6 is 0 Å². The van der Waals surface area contributed by atoms with Crippen molar-refractivity contribution in [2.45, 2.75) is 65.3 Å². The Bertz CT molecular complexity index is 500. The van der Waals surface area contributed by atoms with Gasteiger partial charge in [0.15, 0.2) is 0 Å². The lowest BCUT2D eigenvalue weighted by Crippen LogP contribution is -2.46. The van der Waals surface area contributed by atoms with Crippen LogP contribution in [0.4, 0.5) is 0 Å². The molecule has 5 heteroatoms. The average Bonchev–Trinajstić information content (AvgIpc) is 2.52. The van der Waals surface area contributed by atoms with Crippen molar-refractivity contribution in [1.82, 2.24) is 15.3 Å². The van der Waals surface area contributed by atoms with Gasteiger partial charge in [-0.3, -0.25) is 4.79 Å². The molecule has 0 radical (unpaired) electrons. The van der Waals surface area contributed by atoms with Crippen LogP contribution in [0.25, 0.3) is 0 Å². The van der Waals surface area contributed by atoms with Crippen molar-refractivity contribution in [3.63, 3.8) is 0 Å². The summed E-state index contributed by atoms with van der Waals surface area (Å²) in [6.07, 6.45) is 6.87. The van der Waals surface area contributed by atoms with Crippen molar-refractivity contribution in [2.75, 3.05) is 6.54 Å². The average molecular weight is 304 g/mol. The van der Waals surface area contributed by atoms with Crippen molar-refractivity contribution in [1.29, 1.82) is 0 Å². The third-order valence-corrected chi connectivity index (χ3v) is 4.65. The maximum Gasteiger partial charge on any atom is 0.255 e. The van der Waals surface area contributed by atoms with Gasteiger partial charge in [0.25, 0.3) is 5.91 Å². The van der Waals surface area contributed by atoms with E-state index in [0.29, 0.717) is 18.0 Å². The van der Waals surface area contributed by atoms with Crippen molar-refractivity contribution >= 4 is 5.91 Å². The van der Waals surface area contributed by atoms with Crippen LogP contribution in [0.3, 0.4) is 0 Å². The van der Waals surface area contributed by atoms with Crippen LogP contribution in [0, 0.1) is 19.8 Å². The van der Waals surface area contributed by atoms with E-state index in [0.717, 1.165) is 36.5 Å². The van der Waals surface area contributed by atoms with Gasteiger partial charge in [-0.05, 0) is 32.6 Å². The fraction of sp³-hybridized carbons (Fsp3) is 0.706. The predicted molar refractivity (Wildman–Crippen MR) is 87.8 cm³/mol. The van der Waals surface area contributed by atoms with E-state index in [1.807, 2.05) is 20.8 Å². The number of carbonyl (C=O) groups excluding carboxylic acids is 1. The predicted octanol–water partition coefficient (Wildman–Crippen LogP) is 2.29. The van der Waals surface area contributed by atoms with E-state index in [1.54, 1.807) is 0 Å². The second kappa shape index (κ2) is 7.68. The van der Waals surface area contributed by atoms with Crippen LogP contribution in [0.2, 0.25) is 0 Å². The number of carbonyl (C=O) groups is 1. The molecule has 3 N–H and O–H groups in total. The summed E-state index contributed by atoms with van der Waals surface area (Å²) < 4.78 is 0. The number of rotatable bonds is 5. The van der Waals surface area contributed by atoms with Crippen LogP contribution in [-0.4, -0.2) is 28.5 Å². The second-order valence-corrected chi connectivity index (χ2v) is 6.25. The Hall–Kier alpha value is -1.49. The number of aromatic nitrogens is 2. The molecule has 1 aliphatic rings. The smallest absolute Gasteiger partial charge is 0.255 e. The molecule has 122 valence electrons. The van der Waals surface area contributed by atoms with Crippen molar-refractivity contribution < 1.29 is 4.79 Å². The van der Waals surface area contributed by atoms with Gasteiger partial charge in [0.05, 0.1) is 17.0 Å². The first kappa shape index (κ1) is 16.9. The fourth-order valence-corrected chi connectivity index (χ4v) is 3.42. The minimum atomic E-state index is -0.0846. The number of hydrogen-bond acceptors (Lipinski definition) is 4. The Balaban J connectivity index is 2.13. The molecule has 0 saturated heterocycles. The minimum absolute atomic E-state index is 0.0532. The molecule has 2 rings (SSSR count). The highest BCUT2D eigenvalue weighted by Gasteiger charge is 2.26. The summed E-state index contributed by atoms with van der Waals surface area (Å²) in [4.78, 5) is 21.5. The first-order chi connectivity index (χ1) is 10.6. The van der Waals surface area contributed by atoms with Crippen LogP contribution in [0.1, 0.15) is 66.6 Å². The van der Waals surface area contributed by atoms with Gasteiger partial charge >= 0.3 is 0 Å². The molecule has 1 saturated carbocycles. The molecule has 1 atom stereocenters. The van der Waals surface area contributed by atoms with Gasteiger partial charge in [0.2, 0.25) is 0 Å².